The first-order valence-electron chi connectivity index (χ1n) is 9.35. The number of hydrogen-bond donors (Lipinski definition) is 2. The number of carbonyl (C=O) groups excluding carboxylic acids is 2. The minimum atomic E-state index is -0.260. The molecule has 1 aliphatic heterocycles. The second kappa shape index (κ2) is 7.66. The van der Waals surface area contributed by atoms with E-state index in [1.165, 1.54) is 10.9 Å². The lowest BCUT2D eigenvalue weighted by molar-refractivity contribution is -0.129. The predicted octanol–water partition coefficient (Wildman–Crippen LogP) is 2.88. The summed E-state index contributed by atoms with van der Waals surface area (Å²) in [6, 6.07) is 18.0. The number of likely N-dealkylation sites (tertiary alicyclic amines) is 1. The second-order valence-corrected chi connectivity index (χ2v) is 7.05. The highest BCUT2D eigenvalue weighted by Gasteiger charge is 2.33. The molecule has 0 spiro atoms. The van der Waals surface area contributed by atoms with Gasteiger partial charge in [-0.2, -0.15) is 0 Å². The van der Waals surface area contributed by atoms with Crippen LogP contribution in [0.1, 0.15) is 17.5 Å². The van der Waals surface area contributed by atoms with Crippen LogP contribution in [0.3, 0.4) is 0 Å². The molecule has 1 fully saturated rings. The molecule has 2 N–H and O–H groups in total. The van der Waals surface area contributed by atoms with Gasteiger partial charge >= 0.3 is 0 Å². The van der Waals surface area contributed by atoms with E-state index >= 15 is 0 Å². The maximum Gasteiger partial charge on any atom is 0.225 e. The van der Waals surface area contributed by atoms with Gasteiger partial charge in [-0.3, -0.25) is 9.59 Å². The minimum absolute atomic E-state index is 0.0400. The third-order valence-electron chi connectivity index (χ3n) is 5.22. The van der Waals surface area contributed by atoms with Crippen molar-refractivity contribution in [2.24, 2.45) is 5.92 Å². The summed E-state index contributed by atoms with van der Waals surface area (Å²) >= 11 is 0. The number of aromatic amines is 1. The Morgan fingerprint density at radius 1 is 1.11 bits per heavy atom. The van der Waals surface area contributed by atoms with Gasteiger partial charge in [0.2, 0.25) is 11.8 Å². The zero-order valence-corrected chi connectivity index (χ0v) is 15.2. The maximum absolute atomic E-state index is 12.4. The highest BCUT2D eigenvalue weighted by molar-refractivity contribution is 5.89. The average Bonchev–Trinajstić information content (AvgIpc) is 3.29. The Bertz CT molecular complexity index is 948. The van der Waals surface area contributed by atoms with Crippen LogP contribution in [-0.4, -0.2) is 34.8 Å². The van der Waals surface area contributed by atoms with Crippen molar-refractivity contribution >= 4 is 22.7 Å². The summed E-state index contributed by atoms with van der Waals surface area (Å²) in [5.74, 6) is -0.235. The van der Waals surface area contributed by atoms with E-state index in [9.17, 15) is 9.59 Å². The molecular formula is C22H23N3O2. The van der Waals surface area contributed by atoms with Crippen molar-refractivity contribution in [1.29, 1.82) is 0 Å². The van der Waals surface area contributed by atoms with Crippen molar-refractivity contribution in [3.05, 3.63) is 71.9 Å². The molecule has 0 aliphatic carbocycles. The summed E-state index contributed by atoms with van der Waals surface area (Å²) in [7, 11) is 0. The van der Waals surface area contributed by atoms with Crippen molar-refractivity contribution in [2.45, 2.75) is 19.4 Å². The van der Waals surface area contributed by atoms with Crippen LogP contribution in [0.5, 0.6) is 0 Å². The maximum atomic E-state index is 12.4. The van der Waals surface area contributed by atoms with Crippen LogP contribution in [0.2, 0.25) is 0 Å². The molecule has 5 nitrogen and oxygen atoms in total. The van der Waals surface area contributed by atoms with Crippen molar-refractivity contribution in [2.75, 3.05) is 13.1 Å². The first-order chi connectivity index (χ1) is 13.2. The van der Waals surface area contributed by atoms with Gasteiger partial charge in [0, 0.05) is 43.2 Å². The summed E-state index contributed by atoms with van der Waals surface area (Å²) < 4.78 is 0. The fourth-order valence-electron chi connectivity index (χ4n) is 3.69. The van der Waals surface area contributed by atoms with Crippen LogP contribution in [0.4, 0.5) is 0 Å². The van der Waals surface area contributed by atoms with Gasteiger partial charge in [-0.05, 0) is 23.6 Å². The van der Waals surface area contributed by atoms with Crippen molar-refractivity contribution in [3.8, 4) is 0 Å². The third kappa shape index (κ3) is 3.87. The Kier molecular flexibility index (Phi) is 4.92. The van der Waals surface area contributed by atoms with Gasteiger partial charge in [-0.1, -0.05) is 48.5 Å². The van der Waals surface area contributed by atoms with Gasteiger partial charge in [0.15, 0.2) is 0 Å². The van der Waals surface area contributed by atoms with Crippen molar-refractivity contribution in [3.63, 3.8) is 0 Å². The highest BCUT2D eigenvalue weighted by atomic mass is 16.2. The number of fused-ring (bicyclic) bond motifs is 1. The lowest BCUT2D eigenvalue weighted by atomic mass is 10.1. The van der Waals surface area contributed by atoms with Crippen LogP contribution >= 0.6 is 0 Å². The van der Waals surface area contributed by atoms with E-state index in [0.717, 1.165) is 17.5 Å². The van der Waals surface area contributed by atoms with E-state index in [-0.39, 0.29) is 17.7 Å². The van der Waals surface area contributed by atoms with E-state index < -0.39 is 0 Å². The Morgan fingerprint density at radius 2 is 1.89 bits per heavy atom. The molecule has 4 rings (SSSR count). The number of rotatable bonds is 6. The molecule has 5 heteroatoms. The van der Waals surface area contributed by atoms with E-state index in [4.69, 9.17) is 0 Å². The number of H-pyrrole nitrogens is 1. The van der Waals surface area contributed by atoms with E-state index in [1.54, 1.807) is 0 Å². The smallest absolute Gasteiger partial charge is 0.225 e. The monoisotopic (exact) mass is 361 g/mol. The first-order valence-corrected chi connectivity index (χ1v) is 9.35. The summed E-state index contributed by atoms with van der Waals surface area (Å²) in [6.45, 7) is 1.64. The van der Waals surface area contributed by atoms with Crippen LogP contribution in [0, 0.1) is 5.92 Å². The summed E-state index contributed by atoms with van der Waals surface area (Å²) in [6.07, 6.45) is 3.10. The molecule has 0 radical (unpaired) electrons. The van der Waals surface area contributed by atoms with Gasteiger partial charge in [0.25, 0.3) is 0 Å². The fraction of sp³-hybridized carbons (Fsp3) is 0.273. The molecule has 0 bridgehead atoms. The van der Waals surface area contributed by atoms with Crippen LogP contribution < -0.4 is 5.32 Å². The standard InChI is InChI=1S/C22H23N3O2/c26-21-12-18(22(27)24-13-16-6-2-1-3-7-16)15-25(21)11-10-17-14-23-20-9-5-4-8-19(17)20/h1-9,14,18,23H,10-13,15H2,(H,24,27)/t18-/m1/s1. The van der Waals surface area contributed by atoms with Gasteiger partial charge in [0.05, 0.1) is 5.92 Å². The molecule has 0 unspecified atom stereocenters. The van der Waals surface area contributed by atoms with Crippen LogP contribution in [0.25, 0.3) is 10.9 Å². The number of benzene rings is 2. The van der Waals surface area contributed by atoms with Gasteiger partial charge in [0.1, 0.15) is 0 Å². The lowest BCUT2D eigenvalue weighted by Crippen LogP contribution is -2.33. The lowest BCUT2D eigenvalue weighted by Gasteiger charge is -2.16. The van der Waals surface area contributed by atoms with Gasteiger partial charge < -0.3 is 15.2 Å². The number of para-hydroxylation sites is 1. The van der Waals surface area contributed by atoms with Crippen LogP contribution in [-0.2, 0) is 22.6 Å². The summed E-state index contributed by atoms with van der Waals surface area (Å²) in [5, 5.41) is 4.15. The predicted molar refractivity (Wildman–Crippen MR) is 105 cm³/mol. The van der Waals surface area contributed by atoms with Crippen LogP contribution in [0.15, 0.2) is 60.8 Å². The SMILES string of the molecule is O=C(NCc1ccccc1)[C@@H]1CC(=O)N(CCc2c[nH]c3ccccc23)C1. The van der Waals surface area contributed by atoms with Crippen molar-refractivity contribution < 1.29 is 9.59 Å². The minimum Gasteiger partial charge on any atom is -0.361 e. The second-order valence-electron chi connectivity index (χ2n) is 7.05. The zero-order valence-electron chi connectivity index (χ0n) is 15.2. The summed E-state index contributed by atoms with van der Waals surface area (Å²) in [4.78, 5) is 29.8. The third-order valence-corrected chi connectivity index (χ3v) is 5.22. The highest BCUT2D eigenvalue weighted by Crippen LogP contribution is 2.21. The number of aromatic nitrogens is 1. The number of hydrogen-bond acceptors (Lipinski definition) is 2. The van der Waals surface area contributed by atoms with E-state index in [1.807, 2.05) is 59.6 Å². The Labute approximate surface area is 158 Å². The Morgan fingerprint density at radius 3 is 2.74 bits per heavy atom. The molecule has 1 aliphatic rings. The Balaban J connectivity index is 1.31. The molecule has 2 heterocycles. The first kappa shape index (κ1) is 17.3. The molecule has 2 amide bonds. The zero-order chi connectivity index (χ0) is 18.6. The van der Waals surface area contributed by atoms with Crippen molar-refractivity contribution in [1.82, 2.24) is 15.2 Å². The number of nitrogens with one attached hydrogen (secondary N) is 2. The van der Waals surface area contributed by atoms with Gasteiger partial charge in [-0.15, -0.1) is 0 Å². The number of carbonyl (C=O) groups is 2. The summed E-state index contributed by atoms with van der Waals surface area (Å²) in [5.41, 5.74) is 3.38. The molecule has 3 aromatic rings. The molecule has 1 aromatic heterocycles. The average molecular weight is 361 g/mol. The fourth-order valence-corrected chi connectivity index (χ4v) is 3.69. The van der Waals surface area contributed by atoms with E-state index in [0.29, 0.717) is 26.1 Å². The molecule has 2 aromatic carbocycles. The molecule has 1 saturated heterocycles. The molecule has 1 atom stereocenters. The largest absolute Gasteiger partial charge is 0.361 e. The quantitative estimate of drug-likeness (QED) is 0.709. The number of amides is 2. The Hall–Kier alpha value is -3.08. The molecule has 27 heavy (non-hydrogen) atoms. The number of nitrogens with zero attached hydrogens (tertiary/aromatic N) is 1. The van der Waals surface area contributed by atoms with E-state index in [2.05, 4.69) is 16.4 Å². The topological polar surface area (TPSA) is 65.2 Å². The normalized spacial score (nSPS) is 16.8. The molecule has 0 saturated carbocycles. The molecular weight excluding hydrogens is 338 g/mol. The molecule has 138 valence electrons. The van der Waals surface area contributed by atoms with Gasteiger partial charge in [-0.25, -0.2) is 0 Å².